The predicted octanol–water partition coefficient (Wildman–Crippen LogP) is 0.630. The molecule has 0 bridgehead atoms. The number of carbonyl (C=O) groups excluding carboxylic acids is 2. The normalized spacial score (nSPS) is 16.0. The first kappa shape index (κ1) is 21.5. The number of methoxy groups -OCH3 is 1. The van der Waals surface area contributed by atoms with E-state index in [1.165, 1.54) is 13.8 Å². The van der Waals surface area contributed by atoms with E-state index in [1.807, 2.05) is 11.9 Å². The van der Waals surface area contributed by atoms with E-state index in [-0.39, 0.29) is 30.9 Å². The number of nitrogens with one attached hydrogen (secondary N) is 2. The second-order valence-electron chi connectivity index (χ2n) is 7.19. The zero-order valence-corrected chi connectivity index (χ0v) is 16.6. The van der Waals surface area contributed by atoms with Gasteiger partial charge in [-0.25, -0.2) is 4.79 Å². The number of aliphatic carboxylic acids is 1. The Bertz CT molecular complexity index is 749. The van der Waals surface area contributed by atoms with Gasteiger partial charge < -0.3 is 30.1 Å². The molecule has 0 radical (unpaired) electrons. The maximum Gasteiger partial charge on any atom is 0.328 e. The van der Waals surface area contributed by atoms with Crippen molar-refractivity contribution in [1.82, 2.24) is 10.6 Å². The molecule has 0 saturated carbocycles. The molecular formula is C19H27N3O6. The number of carbonyl (C=O) groups is 3. The molecule has 9 heteroatoms. The zero-order chi connectivity index (χ0) is 20.9. The average molecular weight is 393 g/mol. The van der Waals surface area contributed by atoms with E-state index in [4.69, 9.17) is 14.6 Å². The highest BCUT2D eigenvalue weighted by molar-refractivity contribution is 5.95. The fraction of sp³-hybridized carbons (Fsp3) is 0.526. The van der Waals surface area contributed by atoms with E-state index >= 15 is 0 Å². The molecular weight excluding hydrogens is 366 g/mol. The van der Waals surface area contributed by atoms with Crippen molar-refractivity contribution >= 4 is 23.5 Å². The highest BCUT2D eigenvalue weighted by Gasteiger charge is 2.32. The lowest BCUT2D eigenvalue weighted by atomic mass is 10.0. The quantitative estimate of drug-likeness (QED) is 0.555. The summed E-state index contributed by atoms with van der Waals surface area (Å²) in [5.41, 5.74) is -0.181. The summed E-state index contributed by atoms with van der Waals surface area (Å²) in [6, 6.07) is 4.82. The molecule has 154 valence electrons. The van der Waals surface area contributed by atoms with Crippen molar-refractivity contribution in [3.63, 3.8) is 0 Å². The first-order valence-electron chi connectivity index (χ1n) is 8.97. The molecule has 3 N–H and O–H groups in total. The Labute approximate surface area is 164 Å². The van der Waals surface area contributed by atoms with Crippen molar-refractivity contribution < 1.29 is 29.0 Å². The number of anilines is 1. The number of ether oxygens (including phenoxy) is 2. The number of benzene rings is 1. The summed E-state index contributed by atoms with van der Waals surface area (Å²) in [7, 11) is 3.37. The van der Waals surface area contributed by atoms with Crippen molar-refractivity contribution in [3.8, 4) is 5.75 Å². The van der Waals surface area contributed by atoms with Crippen LogP contribution in [0.25, 0.3) is 0 Å². The van der Waals surface area contributed by atoms with E-state index in [1.54, 1.807) is 25.3 Å². The van der Waals surface area contributed by atoms with Gasteiger partial charge in [0.15, 0.2) is 0 Å². The maximum absolute atomic E-state index is 12.3. The molecule has 1 aliphatic rings. The maximum atomic E-state index is 12.3. The Hall–Kier alpha value is -2.81. The van der Waals surface area contributed by atoms with Gasteiger partial charge in [-0.05, 0) is 32.0 Å². The lowest BCUT2D eigenvalue weighted by Crippen LogP contribution is -2.52. The monoisotopic (exact) mass is 393 g/mol. The molecule has 0 aliphatic carbocycles. The van der Waals surface area contributed by atoms with E-state index in [9.17, 15) is 14.4 Å². The van der Waals surface area contributed by atoms with E-state index in [2.05, 4.69) is 10.6 Å². The molecule has 0 aromatic heterocycles. The zero-order valence-electron chi connectivity index (χ0n) is 16.6. The third-order valence-electron chi connectivity index (χ3n) is 4.58. The Kier molecular flexibility index (Phi) is 6.85. The molecule has 28 heavy (non-hydrogen) atoms. The predicted molar refractivity (Wildman–Crippen MR) is 103 cm³/mol. The number of nitrogens with zero attached hydrogens (tertiary/aromatic N) is 1. The largest absolute Gasteiger partial charge is 0.489 e. The van der Waals surface area contributed by atoms with Crippen LogP contribution in [-0.4, -0.2) is 68.4 Å². The van der Waals surface area contributed by atoms with E-state index < -0.39 is 11.5 Å². The van der Waals surface area contributed by atoms with E-state index in [0.717, 1.165) is 0 Å². The van der Waals surface area contributed by atoms with Crippen molar-refractivity contribution in [2.75, 3.05) is 38.8 Å². The van der Waals surface area contributed by atoms with Gasteiger partial charge in [0.1, 0.15) is 17.9 Å². The van der Waals surface area contributed by atoms with Gasteiger partial charge in [0.2, 0.25) is 5.91 Å². The van der Waals surface area contributed by atoms with Crippen LogP contribution in [0.1, 0.15) is 30.6 Å². The van der Waals surface area contributed by atoms with Gasteiger partial charge in [0, 0.05) is 26.3 Å². The molecule has 9 nitrogen and oxygen atoms in total. The van der Waals surface area contributed by atoms with Gasteiger partial charge in [-0.1, -0.05) is 0 Å². The molecule has 1 heterocycles. The number of carboxylic acids is 1. The van der Waals surface area contributed by atoms with Crippen molar-refractivity contribution in [1.29, 1.82) is 0 Å². The summed E-state index contributed by atoms with van der Waals surface area (Å²) in [6.45, 7) is 3.96. The Balaban J connectivity index is 2.07. The van der Waals surface area contributed by atoms with Crippen LogP contribution in [0.15, 0.2) is 18.2 Å². The molecule has 1 aromatic rings. The van der Waals surface area contributed by atoms with Crippen LogP contribution in [0, 0.1) is 0 Å². The minimum absolute atomic E-state index is 0.0664. The third kappa shape index (κ3) is 5.13. The Morgan fingerprint density at radius 3 is 2.71 bits per heavy atom. The molecule has 0 spiro atoms. The Morgan fingerprint density at radius 1 is 1.36 bits per heavy atom. The highest BCUT2D eigenvalue weighted by atomic mass is 16.5. The molecule has 1 aliphatic heterocycles. The summed E-state index contributed by atoms with van der Waals surface area (Å²) in [4.78, 5) is 37.6. The van der Waals surface area contributed by atoms with Crippen LogP contribution in [0.5, 0.6) is 5.75 Å². The number of likely N-dealkylation sites (N-methyl/N-ethyl adjacent to an activating group) is 1. The lowest BCUT2D eigenvalue weighted by Gasteiger charge is -2.36. The number of fused-ring (bicyclic) bond motifs is 1. The first-order valence-corrected chi connectivity index (χ1v) is 8.97. The van der Waals surface area contributed by atoms with Gasteiger partial charge in [0.25, 0.3) is 5.91 Å². The third-order valence-corrected chi connectivity index (χ3v) is 4.58. The standard InChI is InChI=1S/C19H27N3O6/c1-19(2,18(25)26)21-16(23)10-13-11-28-15-6-5-12(9-14(15)22(13)3)17(24)20-7-8-27-4/h5-6,9,13H,7-8,10-11H2,1-4H3,(H,20,24)(H,21,23)(H,25,26). The second kappa shape index (κ2) is 8.92. The van der Waals surface area contributed by atoms with Crippen LogP contribution < -0.4 is 20.3 Å². The van der Waals surface area contributed by atoms with Crippen LogP contribution in [0.4, 0.5) is 5.69 Å². The summed E-state index contributed by atoms with van der Waals surface area (Å²) >= 11 is 0. The average Bonchev–Trinajstić information content (AvgIpc) is 2.63. The summed E-state index contributed by atoms with van der Waals surface area (Å²) in [5, 5.41) is 14.4. The van der Waals surface area contributed by atoms with Crippen molar-refractivity contribution in [2.24, 2.45) is 0 Å². The van der Waals surface area contributed by atoms with Crippen molar-refractivity contribution in [3.05, 3.63) is 23.8 Å². The number of rotatable bonds is 8. The number of amides is 2. The van der Waals surface area contributed by atoms with Crippen LogP contribution in [0.2, 0.25) is 0 Å². The number of carboxylic acid groups (broad SMARTS) is 1. The SMILES string of the molecule is COCCNC(=O)c1ccc2c(c1)N(C)C(CC(=O)NC(C)(C)C(=O)O)CO2. The summed E-state index contributed by atoms with van der Waals surface area (Å²) in [5.74, 6) is -1.09. The first-order chi connectivity index (χ1) is 13.2. The lowest BCUT2D eigenvalue weighted by molar-refractivity contribution is -0.146. The smallest absolute Gasteiger partial charge is 0.328 e. The fourth-order valence-corrected chi connectivity index (χ4v) is 2.78. The molecule has 1 unspecified atom stereocenters. The molecule has 1 aromatic carbocycles. The van der Waals surface area contributed by atoms with Gasteiger partial charge in [-0.15, -0.1) is 0 Å². The molecule has 0 fully saturated rings. The minimum atomic E-state index is -1.35. The number of hydrogen-bond acceptors (Lipinski definition) is 6. The molecule has 1 atom stereocenters. The summed E-state index contributed by atoms with van der Waals surface area (Å²) < 4.78 is 10.6. The fourth-order valence-electron chi connectivity index (χ4n) is 2.78. The van der Waals surface area contributed by atoms with Gasteiger partial charge in [-0.2, -0.15) is 0 Å². The minimum Gasteiger partial charge on any atom is -0.489 e. The van der Waals surface area contributed by atoms with Crippen LogP contribution >= 0.6 is 0 Å². The summed E-state index contributed by atoms with van der Waals surface area (Å²) in [6.07, 6.45) is 0.0664. The van der Waals surface area contributed by atoms with Gasteiger partial charge in [0.05, 0.1) is 24.8 Å². The topological polar surface area (TPSA) is 117 Å². The Morgan fingerprint density at radius 2 is 2.07 bits per heavy atom. The highest BCUT2D eigenvalue weighted by Crippen LogP contribution is 2.34. The van der Waals surface area contributed by atoms with E-state index in [0.29, 0.717) is 30.2 Å². The van der Waals surface area contributed by atoms with Crippen LogP contribution in [0.3, 0.4) is 0 Å². The van der Waals surface area contributed by atoms with Gasteiger partial charge >= 0.3 is 5.97 Å². The molecule has 0 saturated heterocycles. The van der Waals surface area contributed by atoms with Crippen LogP contribution in [-0.2, 0) is 14.3 Å². The molecule has 2 amide bonds. The van der Waals surface area contributed by atoms with Gasteiger partial charge in [-0.3, -0.25) is 9.59 Å². The van der Waals surface area contributed by atoms with Crippen molar-refractivity contribution in [2.45, 2.75) is 31.8 Å². The molecule has 2 rings (SSSR count). The number of hydrogen-bond donors (Lipinski definition) is 3. The second-order valence-corrected chi connectivity index (χ2v) is 7.19.